The van der Waals surface area contributed by atoms with Crippen molar-refractivity contribution >= 4 is 17.5 Å². The lowest BCUT2D eigenvalue weighted by Crippen LogP contribution is -2.35. The summed E-state index contributed by atoms with van der Waals surface area (Å²) < 4.78 is 10.7. The van der Waals surface area contributed by atoms with Crippen molar-refractivity contribution in [2.75, 3.05) is 13.7 Å². The van der Waals surface area contributed by atoms with E-state index in [1.165, 1.54) is 0 Å². The summed E-state index contributed by atoms with van der Waals surface area (Å²) in [7, 11) is 1.62. The van der Waals surface area contributed by atoms with Gasteiger partial charge < -0.3 is 14.2 Å². The Morgan fingerprint density at radius 2 is 1.73 bits per heavy atom. The summed E-state index contributed by atoms with van der Waals surface area (Å²) >= 11 is 6.33. The summed E-state index contributed by atoms with van der Waals surface area (Å²) in [5.74, 6) is 1.56. The van der Waals surface area contributed by atoms with Crippen molar-refractivity contribution in [3.05, 3.63) is 101 Å². The second-order valence-corrected chi connectivity index (χ2v) is 7.96. The van der Waals surface area contributed by atoms with Gasteiger partial charge in [0.05, 0.1) is 23.7 Å². The van der Waals surface area contributed by atoms with Gasteiger partial charge in [0.25, 0.3) is 5.91 Å². The van der Waals surface area contributed by atoms with E-state index in [1.807, 2.05) is 73.7 Å². The van der Waals surface area contributed by atoms with Crippen LogP contribution in [0.3, 0.4) is 0 Å². The van der Waals surface area contributed by atoms with Gasteiger partial charge in [0, 0.05) is 18.5 Å². The van der Waals surface area contributed by atoms with Gasteiger partial charge in [0.2, 0.25) is 11.7 Å². The molecule has 0 radical (unpaired) electrons. The number of aromatic nitrogens is 2. The molecule has 0 saturated heterocycles. The number of rotatable bonds is 8. The van der Waals surface area contributed by atoms with E-state index in [2.05, 4.69) is 10.1 Å². The predicted octanol–water partition coefficient (Wildman–Crippen LogP) is 5.84. The van der Waals surface area contributed by atoms with Crippen molar-refractivity contribution in [2.45, 2.75) is 19.4 Å². The fraction of sp³-hybridized carbons (Fsp3) is 0.192. The zero-order valence-corrected chi connectivity index (χ0v) is 19.2. The molecular weight excluding hydrogens is 438 g/mol. The Labute approximate surface area is 197 Å². The minimum atomic E-state index is -0.168. The molecule has 7 heteroatoms. The van der Waals surface area contributed by atoms with E-state index in [-0.39, 0.29) is 11.9 Å². The normalized spacial score (nSPS) is 11.7. The Kier molecular flexibility index (Phi) is 7.05. The lowest BCUT2D eigenvalue weighted by Gasteiger charge is -2.29. The molecule has 0 aliphatic heterocycles. The molecule has 0 fully saturated rings. The lowest BCUT2D eigenvalue weighted by molar-refractivity contribution is 0.0689. The molecule has 6 nitrogen and oxygen atoms in total. The molecule has 4 rings (SSSR count). The number of carbonyl (C=O) groups excluding carboxylic acids is 1. The third-order valence-electron chi connectivity index (χ3n) is 5.50. The van der Waals surface area contributed by atoms with Crippen molar-refractivity contribution in [3.8, 4) is 17.1 Å². The van der Waals surface area contributed by atoms with Crippen LogP contribution in [0, 0.1) is 0 Å². The highest BCUT2D eigenvalue weighted by atomic mass is 35.5. The standard InChI is InChI=1S/C26H24ClN3O3/c1-18(19-8-4-3-5-9-19)30(26(31)22-10-6-7-11-23(22)27)17-16-24-28-25(29-33-24)20-12-14-21(32-2)15-13-20/h3-15,18H,16-17H2,1-2H3/t18-/m0/s1. The van der Waals surface area contributed by atoms with E-state index in [4.69, 9.17) is 20.9 Å². The fourth-order valence-electron chi connectivity index (χ4n) is 3.60. The van der Waals surface area contributed by atoms with E-state index in [9.17, 15) is 4.79 Å². The average Bonchev–Trinajstić information content (AvgIpc) is 3.34. The Hall–Kier alpha value is -3.64. The molecule has 0 saturated carbocycles. The van der Waals surface area contributed by atoms with E-state index >= 15 is 0 Å². The van der Waals surface area contributed by atoms with E-state index in [0.29, 0.717) is 35.3 Å². The van der Waals surface area contributed by atoms with Crippen molar-refractivity contribution in [3.63, 3.8) is 0 Å². The number of hydrogen-bond donors (Lipinski definition) is 0. The third-order valence-corrected chi connectivity index (χ3v) is 5.83. The molecule has 0 bridgehead atoms. The lowest BCUT2D eigenvalue weighted by atomic mass is 10.0. The Morgan fingerprint density at radius 1 is 1.03 bits per heavy atom. The Morgan fingerprint density at radius 3 is 2.42 bits per heavy atom. The predicted molar refractivity (Wildman–Crippen MR) is 127 cm³/mol. The summed E-state index contributed by atoms with van der Waals surface area (Å²) in [5.41, 5.74) is 2.32. The number of ether oxygens (including phenoxy) is 1. The van der Waals surface area contributed by atoms with Crippen LogP contribution in [0.2, 0.25) is 5.02 Å². The average molecular weight is 462 g/mol. The fourth-order valence-corrected chi connectivity index (χ4v) is 3.82. The molecule has 0 spiro atoms. The van der Waals surface area contributed by atoms with Gasteiger partial charge in [0.1, 0.15) is 5.75 Å². The largest absolute Gasteiger partial charge is 0.497 e. The number of nitrogens with zero attached hydrogens (tertiary/aromatic N) is 3. The number of hydrogen-bond acceptors (Lipinski definition) is 5. The molecule has 0 aliphatic carbocycles. The highest BCUT2D eigenvalue weighted by Crippen LogP contribution is 2.26. The summed E-state index contributed by atoms with van der Waals surface area (Å²) in [4.78, 5) is 19.7. The second-order valence-electron chi connectivity index (χ2n) is 7.56. The summed E-state index contributed by atoms with van der Waals surface area (Å²) in [6, 6.07) is 24.2. The first-order valence-electron chi connectivity index (χ1n) is 10.6. The van der Waals surface area contributed by atoms with Gasteiger partial charge in [-0.25, -0.2) is 0 Å². The first kappa shape index (κ1) is 22.6. The van der Waals surface area contributed by atoms with Crippen LogP contribution in [0.15, 0.2) is 83.4 Å². The molecule has 0 N–H and O–H groups in total. The second kappa shape index (κ2) is 10.3. The monoisotopic (exact) mass is 461 g/mol. The molecular formula is C26H24ClN3O3. The van der Waals surface area contributed by atoms with Gasteiger partial charge in [-0.2, -0.15) is 4.98 Å². The van der Waals surface area contributed by atoms with Gasteiger partial charge >= 0.3 is 0 Å². The molecule has 33 heavy (non-hydrogen) atoms. The van der Waals surface area contributed by atoms with Crippen LogP contribution in [0.4, 0.5) is 0 Å². The minimum absolute atomic E-state index is 0.146. The van der Waals surface area contributed by atoms with Crippen LogP contribution in [-0.4, -0.2) is 34.6 Å². The highest BCUT2D eigenvalue weighted by Gasteiger charge is 2.25. The van der Waals surface area contributed by atoms with Gasteiger partial charge in [-0.15, -0.1) is 0 Å². The molecule has 1 amide bonds. The number of halogens is 1. The molecule has 1 heterocycles. The maximum Gasteiger partial charge on any atom is 0.255 e. The Bertz CT molecular complexity index is 1210. The van der Waals surface area contributed by atoms with Crippen LogP contribution >= 0.6 is 11.6 Å². The molecule has 1 atom stereocenters. The number of carbonyl (C=O) groups is 1. The quantitative estimate of drug-likeness (QED) is 0.329. The zero-order valence-electron chi connectivity index (χ0n) is 18.4. The zero-order chi connectivity index (χ0) is 23.2. The molecule has 0 unspecified atom stereocenters. The Balaban J connectivity index is 1.55. The van der Waals surface area contributed by atoms with Crippen LogP contribution < -0.4 is 4.74 Å². The molecule has 168 valence electrons. The van der Waals surface area contributed by atoms with Crippen LogP contribution in [0.1, 0.15) is 34.8 Å². The van der Waals surface area contributed by atoms with E-state index in [1.54, 1.807) is 24.1 Å². The molecule has 3 aromatic carbocycles. The minimum Gasteiger partial charge on any atom is -0.497 e. The number of methoxy groups -OCH3 is 1. The van der Waals surface area contributed by atoms with Crippen molar-refractivity contribution in [2.24, 2.45) is 0 Å². The third kappa shape index (κ3) is 5.23. The van der Waals surface area contributed by atoms with Crippen LogP contribution in [0.5, 0.6) is 5.75 Å². The van der Waals surface area contributed by atoms with Crippen molar-refractivity contribution in [1.29, 1.82) is 0 Å². The maximum atomic E-state index is 13.5. The molecule has 1 aromatic heterocycles. The number of amides is 1. The smallest absolute Gasteiger partial charge is 0.255 e. The van der Waals surface area contributed by atoms with Gasteiger partial charge in [0.15, 0.2) is 0 Å². The van der Waals surface area contributed by atoms with Gasteiger partial charge in [-0.1, -0.05) is 59.2 Å². The van der Waals surface area contributed by atoms with Gasteiger partial charge in [-0.05, 0) is 48.9 Å². The summed E-state index contributed by atoms with van der Waals surface area (Å²) in [6.07, 6.45) is 0.413. The van der Waals surface area contributed by atoms with Crippen molar-refractivity contribution < 1.29 is 14.1 Å². The van der Waals surface area contributed by atoms with Crippen LogP contribution in [0.25, 0.3) is 11.4 Å². The first-order chi connectivity index (χ1) is 16.1. The SMILES string of the molecule is COc1ccc(-c2noc(CCN(C(=O)c3ccccc3Cl)[C@@H](C)c3ccccc3)n2)cc1. The van der Waals surface area contributed by atoms with Crippen LogP contribution in [-0.2, 0) is 6.42 Å². The van der Waals surface area contributed by atoms with E-state index in [0.717, 1.165) is 16.9 Å². The summed E-state index contributed by atoms with van der Waals surface area (Å²) in [6.45, 7) is 2.39. The van der Waals surface area contributed by atoms with Gasteiger partial charge in [-0.3, -0.25) is 4.79 Å². The highest BCUT2D eigenvalue weighted by molar-refractivity contribution is 6.33. The topological polar surface area (TPSA) is 68.5 Å². The van der Waals surface area contributed by atoms with E-state index < -0.39 is 0 Å². The molecule has 0 aliphatic rings. The molecule has 4 aromatic rings. The van der Waals surface area contributed by atoms with Crippen molar-refractivity contribution in [1.82, 2.24) is 15.0 Å². The summed E-state index contributed by atoms with van der Waals surface area (Å²) in [5, 5.41) is 4.51. The maximum absolute atomic E-state index is 13.5. The first-order valence-corrected chi connectivity index (χ1v) is 11.0. The number of benzene rings is 3.